The van der Waals surface area contributed by atoms with Crippen molar-refractivity contribution >= 4 is 26.5 Å². The van der Waals surface area contributed by atoms with Crippen molar-refractivity contribution in [3.05, 3.63) is 69.9 Å². The standard InChI is InChI=1S/C22H22N4O5S2/c1-3-4-13-30-18-11-7-16(8-12-18)19-14-32-22(23-19)24-33(28,29)20-21(27)31-25-26(20)17-9-5-15(2)6-10-17/h5-12,14H,3-4,13H2,1-2H3,(H-,23,24,25,27)/p+1. The lowest BCUT2D eigenvalue weighted by Crippen LogP contribution is -2.42. The van der Waals surface area contributed by atoms with E-state index >= 15 is 0 Å². The number of nitrogens with zero attached hydrogens (tertiary/aromatic N) is 2. The Balaban J connectivity index is 1.54. The van der Waals surface area contributed by atoms with E-state index < -0.39 is 20.7 Å². The van der Waals surface area contributed by atoms with Gasteiger partial charge in [0.1, 0.15) is 5.75 Å². The van der Waals surface area contributed by atoms with Gasteiger partial charge in [0.15, 0.2) is 5.13 Å². The molecule has 2 N–H and O–H groups in total. The van der Waals surface area contributed by atoms with Crippen molar-refractivity contribution < 1.29 is 22.4 Å². The molecule has 0 radical (unpaired) electrons. The minimum Gasteiger partial charge on any atom is -0.494 e. The molecule has 0 saturated heterocycles. The van der Waals surface area contributed by atoms with Crippen LogP contribution < -0.4 is 19.8 Å². The highest BCUT2D eigenvalue weighted by atomic mass is 32.2. The third-order valence-electron chi connectivity index (χ3n) is 4.80. The summed E-state index contributed by atoms with van der Waals surface area (Å²) in [5.41, 5.74) is 1.83. The van der Waals surface area contributed by atoms with Crippen LogP contribution in [0.2, 0.25) is 0 Å². The molecule has 33 heavy (non-hydrogen) atoms. The molecule has 2 aromatic heterocycles. The maximum Gasteiger partial charge on any atom is 0.449 e. The average Bonchev–Trinajstić information content (AvgIpc) is 3.41. The molecular weight excluding hydrogens is 464 g/mol. The lowest BCUT2D eigenvalue weighted by atomic mass is 10.2. The van der Waals surface area contributed by atoms with Gasteiger partial charge < -0.3 is 4.74 Å². The van der Waals surface area contributed by atoms with Crippen LogP contribution in [-0.4, -0.2) is 25.3 Å². The quantitative estimate of drug-likeness (QED) is 0.275. The van der Waals surface area contributed by atoms with Crippen molar-refractivity contribution in [1.29, 1.82) is 0 Å². The number of hydrogen-bond donors (Lipinski definition) is 2. The molecular formula is C22H23N4O5S2+. The molecule has 4 aromatic rings. The van der Waals surface area contributed by atoms with E-state index in [9.17, 15) is 13.2 Å². The van der Waals surface area contributed by atoms with Crippen LogP contribution in [0.3, 0.4) is 0 Å². The third-order valence-corrected chi connectivity index (χ3v) is 7.00. The number of ether oxygens (including phenoxy) is 1. The Labute approximate surface area is 194 Å². The van der Waals surface area contributed by atoms with Crippen LogP contribution in [-0.2, 0) is 10.0 Å². The molecule has 172 valence electrons. The molecule has 9 nitrogen and oxygen atoms in total. The number of nitrogens with one attached hydrogen (secondary N) is 2. The molecule has 2 aromatic carbocycles. The first-order valence-corrected chi connectivity index (χ1v) is 12.7. The van der Waals surface area contributed by atoms with Crippen LogP contribution in [0.4, 0.5) is 5.13 Å². The zero-order valence-electron chi connectivity index (χ0n) is 18.1. The van der Waals surface area contributed by atoms with Crippen molar-refractivity contribution in [2.24, 2.45) is 0 Å². The summed E-state index contributed by atoms with van der Waals surface area (Å²) >= 11 is 1.11. The largest absolute Gasteiger partial charge is 0.494 e. The minimum atomic E-state index is -4.27. The topological polar surface area (TPSA) is 118 Å². The van der Waals surface area contributed by atoms with E-state index in [2.05, 4.69) is 21.9 Å². The van der Waals surface area contributed by atoms with E-state index in [1.165, 1.54) is 0 Å². The van der Waals surface area contributed by atoms with Gasteiger partial charge in [0, 0.05) is 23.1 Å². The number of thiazole rings is 1. The van der Waals surface area contributed by atoms with Gasteiger partial charge in [-0.05, 0) is 47.6 Å². The van der Waals surface area contributed by atoms with E-state index in [1.54, 1.807) is 29.6 Å². The summed E-state index contributed by atoms with van der Waals surface area (Å²) in [7, 11) is -4.27. The number of aromatic nitrogens is 3. The number of H-pyrrole nitrogens is 1. The van der Waals surface area contributed by atoms with Crippen molar-refractivity contribution in [2.75, 3.05) is 11.3 Å². The number of aryl methyl sites for hydroxylation is 1. The highest BCUT2D eigenvalue weighted by Gasteiger charge is 2.37. The Kier molecular flexibility index (Phi) is 6.61. The minimum absolute atomic E-state index is 0.129. The van der Waals surface area contributed by atoms with E-state index in [0.717, 1.165) is 45.7 Å². The Hall–Kier alpha value is -3.44. The van der Waals surface area contributed by atoms with Gasteiger partial charge in [0.05, 0.1) is 12.3 Å². The first-order valence-electron chi connectivity index (χ1n) is 10.3. The van der Waals surface area contributed by atoms with Gasteiger partial charge >= 0.3 is 20.7 Å². The molecule has 0 aliphatic rings. The Bertz CT molecular complexity index is 1390. The van der Waals surface area contributed by atoms with Crippen LogP contribution in [0, 0.1) is 6.92 Å². The molecule has 0 aliphatic heterocycles. The summed E-state index contributed by atoms with van der Waals surface area (Å²) < 4.78 is 39.9. The van der Waals surface area contributed by atoms with E-state index in [1.807, 2.05) is 31.2 Å². The summed E-state index contributed by atoms with van der Waals surface area (Å²) in [4.78, 5) is 16.6. The average molecular weight is 488 g/mol. The maximum absolute atomic E-state index is 13.0. The highest BCUT2D eigenvalue weighted by molar-refractivity contribution is 7.92. The fourth-order valence-electron chi connectivity index (χ4n) is 3.03. The number of rotatable bonds is 9. The molecule has 0 unspecified atom stereocenters. The summed E-state index contributed by atoms with van der Waals surface area (Å²) in [5.74, 6) is 0.767. The zero-order valence-corrected chi connectivity index (χ0v) is 19.7. The highest BCUT2D eigenvalue weighted by Crippen LogP contribution is 2.27. The second kappa shape index (κ2) is 9.59. The fourth-order valence-corrected chi connectivity index (χ4v) is 5.13. The molecule has 0 bridgehead atoms. The lowest BCUT2D eigenvalue weighted by molar-refractivity contribution is -0.705. The number of sulfonamides is 1. The Morgan fingerprint density at radius 3 is 2.58 bits per heavy atom. The fraction of sp³-hybridized carbons (Fsp3) is 0.227. The molecule has 0 spiro atoms. The number of anilines is 1. The molecule has 11 heteroatoms. The maximum atomic E-state index is 13.0. The van der Waals surface area contributed by atoms with Gasteiger partial charge in [0.2, 0.25) is 5.69 Å². The number of aromatic amines is 1. The molecule has 0 aliphatic carbocycles. The summed E-state index contributed by atoms with van der Waals surface area (Å²) in [6, 6.07) is 14.4. The summed E-state index contributed by atoms with van der Waals surface area (Å²) in [6.45, 7) is 4.66. The monoisotopic (exact) mass is 487 g/mol. The number of benzene rings is 2. The van der Waals surface area contributed by atoms with Crippen LogP contribution in [0.1, 0.15) is 25.3 Å². The van der Waals surface area contributed by atoms with Crippen molar-refractivity contribution in [3.63, 3.8) is 0 Å². The lowest BCUT2D eigenvalue weighted by Gasteiger charge is -2.05. The zero-order chi connectivity index (χ0) is 23.4. The normalized spacial score (nSPS) is 11.5. The van der Waals surface area contributed by atoms with Gasteiger partial charge in [-0.25, -0.2) is 14.5 Å². The summed E-state index contributed by atoms with van der Waals surface area (Å²) in [5, 5.41) is 3.63. The number of unbranched alkanes of at least 4 members (excludes halogenated alkanes) is 1. The molecule has 0 saturated carbocycles. The molecule has 2 heterocycles. The van der Waals surface area contributed by atoms with E-state index in [0.29, 0.717) is 18.0 Å². The molecule has 4 rings (SSSR count). The van der Waals surface area contributed by atoms with Gasteiger partial charge in [0.25, 0.3) is 0 Å². The molecule has 0 fully saturated rings. The number of hydrogen-bond acceptors (Lipinski definition) is 7. The second-order valence-corrected chi connectivity index (χ2v) is 9.78. The van der Waals surface area contributed by atoms with Crippen LogP contribution in [0.15, 0.2) is 68.3 Å². The predicted octanol–water partition coefficient (Wildman–Crippen LogP) is 3.66. The Morgan fingerprint density at radius 2 is 1.88 bits per heavy atom. The molecule has 0 amide bonds. The van der Waals surface area contributed by atoms with E-state index in [4.69, 9.17) is 9.26 Å². The van der Waals surface area contributed by atoms with Crippen LogP contribution in [0.5, 0.6) is 5.75 Å². The van der Waals surface area contributed by atoms with Crippen LogP contribution in [0.25, 0.3) is 16.9 Å². The first-order chi connectivity index (χ1) is 15.9. The van der Waals surface area contributed by atoms with Crippen molar-refractivity contribution in [2.45, 2.75) is 31.7 Å². The third kappa shape index (κ3) is 5.15. The van der Waals surface area contributed by atoms with Crippen LogP contribution >= 0.6 is 11.3 Å². The SMILES string of the molecule is CCCCOc1ccc(-c2csc(NS(=O)(=O)c3c(=O)o[nH][n+]3-c3ccc(C)cc3)n2)cc1. The first kappa shape index (κ1) is 22.7. The van der Waals surface area contributed by atoms with E-state index in [-0.39, 0.29) is 5.13 Å². The van der Waals surface area contributed by atoms with Gasteiger partial charge in [-0.2, -0.15) is 8.42 Å². The van der Waals surface area contributed by atoms with Crippen molar-refractivity contribution in [3.8, 4) is 22.7 Å². The molecule has 0 atom stereocenters. The smallest absolute Gasteiger partial charge is 0.449 e. The second-order valence-electron chi connectivity index (χ2n) is 7.33. The van der Waals surface area contributed by atoms with Gasteiger partial charge in [-0.15, -0.1) is 11.3 Å². The summed E-state index contributed by atoms with van der Waals surface area (Å²) in [6.07, 6.45) is 2.05. The predicted molar refractivity (Wildman–Crippen MR) is 124 cm³/mol. The Morgan fingerprint density at radius 1 is 1.15 bits per heavy atom. The van der Waals surface area contributed by atoms with Crippen molar-refractivity contribution in [1.82, 2.24) is 10.3 Å². The van der Waals surface area contributed by atoms with Gasteiger partial charge in [-0.3, -0.25) is 4.52 Å². The van der Waals surface area contributed by atoms with Gasteiger partial charge in [-0.1, -0.05) is 31.0 Å².